The SMILES string of the molecule is FCCC(F)(F)F.FCF. The molecule has 6 heteroatoms. The molecule has 0 aliphatic carbocycles. The first-order valence-electron chi connectivity index (χ1n) is 2.22. The summed E-state index contributed by atoms with van der Waals surface area (Å²) in [5.41, 5.74) is 0. The first-order chi connectivity index (χ1) is 4.47. The van der Waals surface area contributed by atoms with Gasteiger partial charge in [0.05, 0.1) is 13.1 Å². The van der Waals surface area contributed by atoms with Gasteiger partial charge in [0.25, 0.3) is 0 Å². The van der Waals surface area contributed by atoms with Crippen molar-refractivity contribution in [2.45, 2.75) is 12.6 Å². The van der Waals surface area contributed by atoms with Crippen molar-refractivity contribution in [2.24, 2.45) is 0 Å². The summed E-state index contributed by atoms with van der Waals surface area (Å²) < 4.78 is 62.5. The summed E-state index contributed by atoms with van der Waals surface area (Å²) in [7, 11) is 0. The number of alkyl halides is 6. The number of rotatable bonds is 1. The molecule has 0 saturated carbocycles. The van der Waals surface area contributed by atoms with E-state index < -0.39 is 26.2 Å². The highest BCUT2D eigenvalue weighted by atomic mass is 19.4. The van der Waals surface area contributed by atoms with Crippen LogP contribution in [0.4, 0.5) is 26.3 Å². The lowest BCUT2D eigenvalue weighted by Gasteiger charge is -1.98. The van der Waals surface area contributed by atoms with E-state index in [0.29, 0.717) is 0 Å². The second kappa shape index (κ2) is 6.70. The maximum absolute atomic E-state index is 10.8. The van der Waals surface area contributed by atoms with Crippen LogP contribution in [-0.4, -0.2) is 19.8 Å². The van der Waals surface area contributed by atoms with E-state index in [1.54, 1.807) is 0 Å². The fourth-order valence-corrected chi connectivity index (χ4v) is 0.107. The number of hydrogen-bond donors (Lipinski definition) is 0. The molecule has 0 heterocycles. The fraction of sp³-hybridized carbons (Fsp3) is 1.00. The Morgan fingerprint density at radius 3 is 1.20 bits per heavy atom. The third kappa shape index (κ3) is 25.6. The molecule has 0 rings (SSSR count). The summed E-state index contributed by atoms with van der Waals surface area (Å²) in [5.74, 6) is 0. The molecule has 0 radical (unpaired) electrons. The highest BCUT2D eigenvalue weighted by Gasteiger charge is 2.25. The third-order valence-electron chi connectivity index (χ3n) is 0.378. The van der Waals surface area contributed by atoms with Crippen molar-refractivity contribution in [3.63, 3.8) is 0 Å². The van der Waals surface area contributed by atoms with Crippen molar-refractivity contribution in [1.82, 2.24) is 0 Å². The van der Waals surface area contributed by atoms with Gasteiger partial charge >= 0.3 is 6.18 Å². The largest absolute Gasteiger partial charge is 0.391 e. The van der Waals surface area contributed by atoms with Crippen LogP contribution in [0.1, 0.15) is 6.42 Å². The lowest BCUT2D eigenvalue weighted by molar-refractivity contribution is -0.136. The molecule has 0 atom stereocenters. The van der Waals surface area contributed by atoms with Gasteiger partial charge in [-0.1, -0.05) is 0 Å². The first-order valence-corrected chi connectivity index (χ1v) is 2.22. The molecule has 0 saturated heterocycles. The van der Waals surface area contributed by atoms with E-state index in [1.807, 2.05) is 0 Å². The van der Waals surface area contributed by atoms with Crippen molar-refractivity contribution in [2.75, 3.05) is 13.6 Å². The van der Waals surface area contributed by atoms with Crippen LogP contribution in [0.15, 0.2) is 0 Å². The van der Waals surface area contributed by atoms with Gasteiger partial charge in [-0.2, -0.15) is 13.2 Å². The van der Waals surface area contributed by atoms with Gasteiger partial charge in [0.2, 0.25) is 6.93 Å². The van der Waals surface area contributed by atoms with Gasteiger partial charge in [-0.05, 0) is 0 Å². The lowest BCUT2D eigenvalue weighted by Crippen LogP contribution is -2.07. The van der Waals surface area contributed by atoms with Gasteiger partial charge in [-0.25, -0.2) is 8.78 Å². The molecule has 0 aliphatic heterocycles. The molecule has 0 aromatic heterocycles. The van der Waals surface area contributed by atoms with Crippen molar-refractivity contribution in [1.29, 1.82) is 0 Å². The average Bonchev–Trinajstić information content (AvgIpc) is 1.63. The zero-order valence-electron chi connectivity index (χ0n) is 4.89. The highest BCUT2D eigenvalue weighted by molar-refractivity contribution is 4.45. The van der Waals surface area contributed by atoms with Crippen LogP contribution in [-0.2, 0) is 0 Å². The Hall–Kier alpha value is -0.420. The quantitative estimate of drug-likeness (QED) is 0.528. The Balaban J connectivity index is 0. The number of hydrogen-bond acceptors (Lipinski definition) is 0. The minimum absolute atomic E-state index is 1.32. The maximum atomic E-state index is 10.8. The van der Waals surface area contributed by atoms with Crippen LogP contribution in [0.25, 0.3) is 0 Å². The van der Waals surface area contributed by atoms with Gasteiger partial charge in [-0.3, -0.25) is 4.39 Å². The van der Waals surface area contributed by atoms with E-state index in [-0.39, 0.29) is 0 Å². The molecule has 0 aromatic carbocycles. The Kier molecular flexibility index (Phi) is 8.22. The monoisotopic (exact) mass is 168 g/mol. The van der Waals surface area contributed by atoms with Gasteiger partial charge < -0.3 is 0 Å². The van der Waals surface area contributed by atoms with E-state index in [2.05, 4.69) is 0 Å². The van der Waals surface area contributed by atoms with E-state index in [1.165, 1.54) is 0 Å². The van der Waals surface area contributed by atoms with Crippen LogP contribution in [0, 0.1) is 0 Å². The fourth-order valence-electron chi connectivity index (χ4n) is 0.107. The summed E-state index contributed by atoms with van der Waals surface area (Å²) >= 11 is 0. The Morgan fingerprint density at radius 1 is 0.900 bits per heavy atom. The molecule has 10 heavy (non-hydrogen) atoms. The summed E-state index contributed by atoms with van der Waals surface area (Å²) in [6, 6.07) is 0. The molecule has 0 aliphatic rings. The summed E-state index contributed by atoms with van der Waals surface area (Å²) in [5, 5.41) is 0. The minimum Gasteiger partial charge on any atom is -0.251 e. The molecule has 0 aromatic rings. The standard InChI is InChI=1S/C3H4F4.CH2F2/c4-2-1-3(5,6)7;2-1-3/h1-2H2;1H2. The summed E-state index contributed by atoms with van der Waals surface area (Å²) in [6.45, 7) is -3.07. The first kappa shape index (κ1) is 12.3. The van der Waals surface area contributed by atoms with Crippen LogP contribution in [0.5, 0.6) is 0 Å². The molecule has 0 bridgehead atoms. The Labute approximate surface area is 53.8 Å². The van der Waals surface area contributed by atoms with Gasteiger partial charge in [0, 0.05) is 0 Å². The number of halogens is 6. The molecule has 0 fully saturated rings. The summed E-state index contributed by atoms with van der Waals surface area (Å²) in [4.78, 5) is 0. The molecule has 0 spiro atoms. The van der Waals surface area contributed by atoms with Crippen LogP contribution < -0.4 is 0 Å². The summed E-state index contributed by atoms with van der Waals surface area (Å²) in [6.07, 6.45) is -5.65. The minimum atomic E-state index is -4.32. The Bertz CT molecular complexity index is 57.3. The van der Waals surface area contributed by atoms with Crippen LogP contribution in [0.2, 0.25) is 0 Å². The average molecular weight is 168 g/mol. The lowest BCUT2D eigenvalue weighted by atomic mass is 10.5. The molecular weight excluding hydrogens is 162 g/mol. The van der Waals surface area contributed by atoms with Crippen molar-refractivity contribution in [3.8, 4) is 0 Å². The zero-order valence-corrected chi connectivity index (χ0v) is 4.89. The third-order valence-corrected chi connectivity index (χ3v) is 0.378. The maximum Gasteiger partial charge on any atom is 0.391 e. The zero-order chi connectivity index (χ0) is 8.62. The Morgan fingerprint density at radius 2 is 1.20 bits per heavy atom. The van der Waals surface area contributed by atoms with Gasteiger partial charge in [0.1, 0.15) is 0 Å². The van der Waals surface area contributed by atoms with E-state index in [4.69, 9.17) is 0 Å². The van der Waals surface area contributed by atoms with Crippen molar-refractivity contribution < 1.29 is 26.3 Å². The molecule has 0 amide bonds. The smallest absolute Gasteiger partial charge is 0.251 e. The second-order valence-corrected chi connectivity index (χ2v) is 1.16. The molecular formula is C4H6F6. The topological polar surface area (TPSA) is 0 Å². The second-order valence-electron chi connectivity index (χ2n) is 1.16. The van der Waals surface area contributed by atoms with E-state index in [9.17, 15) is 26.3 Å². The predicted molar refractivity (Wildman–Crippen MR) is 23.7 cm³/mol. The van der Waals surface area contributed by atoms with Crippen LogP contribution >= 0.6 is 0 Å². The molecule has 0 N–H and O–H groups in total. The van der Waals surface area contributed by atoms with Crippen molar-refractivity contribution >= 4 is 0 Å². The molecule has 0 unspecified atom stereocenters. The van der Waals surface area contributed by atoms with Crippen molar-refractivity contribution in [3.05, 3.63) is 0 Å². The highest BCUT2D eigenvalue weighted by Crippen LogP contribution is 2.18. The predicted octanol–water partition coefficient (Wildman–Crippen LogP) is 2.79. The molecule has 0 nitrogen and oxygen atoms in total. The van der Waals surface area contributed by atoms with Crippen LogP contribution in [0.3, 0.4) is 0 Å². The van der Waals surface area contributed by atoms with E-state index in [0.717, 1.165) is 0 Å². The normalized spacial score (nSPS) is 10.2. The van der Waals surface area contributed by atoms with Gasteiger partial charge in [-0.15, -0.1) is 0 Å². The molecule has 64 valence electrons. The van der Waals surface area contributed by atoms with Gasteiger partial charge in [0.15, 0.2) is 0 Å². The van der Waals surface area contributed by atoms with E-state index >= 15 is 0 Å².